The van der Waals surface area contributed by atoms with Crippen molar-refractivity contribution in [1.29, 1.82) is 0 Å². The highest BCUT2D eigenvalue weighted by Crippen LogP contribution is 2.28. The number of aromatic amines is 1. The largest absolute Gasteiger partial charge is 0.353 e. The van der Waals surface area contributed by atoms with Gasteiger partial charge in [0.2, 0.25) is 5.95 Å². The highest BCUT2D eigenvalue weighted by atomic mass is 35.5. The number of nitrogens with two attached hydrogens (primary N) is 1. The van der Waals surface area contributed by atoms with Crippen molar-refractivity contribution in [2.45, 2.75) is 18.9 Å². The summed E-state index contributed by atoms with van der Waals surface area (Å²) in [6.45, 7) is 3.15. The molecule has 1 aliphatic rings. The molecule has 3 N–H and O–H groups in total. The smallest absolute Gasteiger partial charge is 0.272 e. The maximum Gasteiger partial charge on any atom is 0.272 e. The van der Waals surface area contributed by atoms with Gasteiger partial charge in [0.15, 0.2) is 5.82 Å². The van der Waals surface area contributed by atoms with Crippen LogP contribution >= 0.6 is 11.6 Å². The third-order valence-corrected chi connectivity index (χ3v) is 3.99. The molecule has 3 heterocycles. The monoisotopic (exact) mass is 323 g/mol. The molecule has 8 heteroatoms. The summed E-state index contributed by atoms with van der Waals surface area (Å²) in [6.07, 6.45) is 2.09. The lowest BCUT2D eigenvalue weighted by atomic mass is 10.0. The van der Waals surface area contributed by atoms with E-state index in [1.54, 1.807) is 6.07 Å². The van der Waals surface area contributed by atoms with Crippen molar-refractivity contribution in [1.82, 2.24) is 15.0 Å². The van der Waals surface area contributed by atoms with Gasteiger partial charge in [-0.1, -0.05) is 11.6 Å². The molecule has 0 amide bonds. The Hall–Kier alpha value is -1.99. The molecule has 0 unspecified atom stereocenters. The molecule has 1 saturated heterocycles. The fourth-order valence-corrected chi connectivity index (χ4v) is 2.72. The van der Waals surface area contributed by atoms with E-state index in [4.69, 9.17) is 17.3 Å². The average Bonchev–Trinajstić information content (AvgIpc) is 2.82. The van der Waals surface area contributed by atoms with E-state index in [1.165, 1.54) is 12.3 Å². The Bertz CT molecular complexity index is 776. The number of H-pyrrole nitrogens is 1. The van der Waals surface area contributed by atoms with Gasteiger partial charge >= 0.3 is 0 Å². The van der Waals surface area contributed by atoms with Gasteiger partial charge in [-0.25, -0.2) is 9.97 Å². The van der Waals surface area contributed by atoms with Crippen molar-refractivity contribution in [2.24, 2.45) is 5.73 Å². The van der Waals surface area contributed by atoms with E-state index in [2.05, 4.69) is 15.0 Å². The molecule has 1 aliphatic heterocycles. The Morgan fingerprint density at radius 3 is 2.95 bits per heavy atom. The number of anilines is 1. The van der Waals surface area contributed by atoms with Crippen LogP contribution < -0.4 is 16.2 Å². The molecule has 1 fully saturated rings. The van der Waals surface area contributed by atoms with Gasteiger partial charge in [0.05, 0.1) is 0 Å². The van der Waals surface area contributed by atoms with Crippen molar-refractivity contribution in [3.63, 3.8) is 0 Å². The first-order valence-electron chi connectivity index (χ1n) is 6.81. The normalized spacial score (nSPS) is 21.4. The summed E-state index contributed by atoms with van der Waals surface area (Å²) in [5.74, 6) is -0.0320. The van der Waals surface area contributed by atoms with Crippen molar-refractivity contribution in [3.8, 4) is 11.4 Å². The Balaban J connectivity index is 2.06. The Labute approximate surface area is 131 Å². The first-order valence-corrected chi connectivity index (χ1v) is 7.19. The molecule has 0 saturated carbocycles. The van der Waals surface area contributed by atoms with Crippen LogP contribution in [0.25, 0.3) is 11.4 Å². The third kappa shape index (κ3) is 2.82. The molecule has 1 atom stereocenters. The molecule has 0 aliphatic carbocycles. The van der Waals surface area contributed by atoms with E-state index in [0.29, 0.717) is 24.5 Å². The van der Waals surface area contributed by atoms with Crippen LogP contribution in [0.4, 0.5) is 10.2 Å². The maximum absolute atomic E-state index is 13.3. The zero-order chi connectivity index (χ0) is 15.9. The minimum Gasteiger partial charge on any atom is -0.353 e. The van der Waals surface area contributed by atoms with Crippen LogP contribution in [-0.2, 0) is 0 Å². The molecule has 2 aromatic rings. The van der Waals surface area contributed by atoms with Gasteiger partial charge in [-0.15, -0.1) is 0 Å². The number of aromatic nitrogens is 3. The van der Waals surface area contributed by atoms with Crippen LogP contribution in [0.2, 0.25) is 5.02 Å². The van der Waals surface area contributed by atoms with Crippen LogP contribution in [-0.4, -0.2) is 33.6 Å². The minimum atomic E-state index is -0.646. The lowest BCUT2D eigenvalue weighted by Gasteiger charge is -2.21. The summed E-state index contributed by atoms with van der Waals surface area (Å²) in [5.41, 5.74) is 5.72. The van der Waals surface area contributed by atoms with Gasteiger partial charge in [0, 0.05) is 36.5 Å². The summed E-state index contributed by atoms with van der Waals surface area (Å²) < 4.78 is 13.3. The van der Waals surface area contributed by atoms with Crippen LogP contribution in [0.15, 0.2) is 23.1 Å². The van der Waals surface area contributed by atoms with E-state index >= 15 is 0 Å². The Kier molecular flexibility index (Phi) is 3.62. The molecule has 0 radical (unpaired) electrons. The fourth-order valence-electron chi connectivity index (χ4n) is 2.51. The zero-order valence-corrected chi connectivity index (χ0v) is 12.7. The molecule has 6 nitrogen and oxygen atoms in total. The number of halogens is 2. The quantitative estimate of drug-likeness (QED) is 0.819. The van der Waals surface area contributed by atoms with Crippen LogP contribution in [0.1, 0.15) is 13.3 Å². The number of hydrogen-bond acceptors (Lipinski definition) is 5. The van der Waals surface area contributed by atoms with E-state index in [9.17, 15) is 9.18 Å². The molecule has 0 spiro atoms. The number of pyridine rings is 1. The topological polar surface area (TPSA) is 87.9 Å². The number of nitrogens with zero attached hydrogens (tertiary/aromatic N) is 3. The zero-order valence-electron chi connectivity index (χ0n) is 11.9. The summed E-state index contributed by atoms with van der Waals surface area (Å²) in [7, 11) is 0. The van der Waals surface area contributed by atoms with Gasteiger partial charge < -0.3 is 15.6 Å². The lowest BCUT2D eigenvalue weighted by molar-refractivity contribution is 0.524. The second-order valence-corrected chi connectivity index (χ2v) is 6.12. The van der Waals surface area contributed by atoms with E-state index in [1.807, 2.05) is 11.8 Å². The fraction of sp³-hybridized carbons (Fsp3) is 0.357. The van der Waals surface area contributed by atoms with Crippen molar-refractivity contribution < 1.29 is 4.39 Å². The Morgan fingerprint density at radius 1 is 1.55 bits per heavy atom. The second-order valence-electron chi connectivity index (χ2n) is 5.74. The minimum absolute atomic E-state index is 0.0102. The average molecular weight is 324 g/mol. The molecule has 0 bridgehead atoms. The molecule has 3 rings (SSSR count). The molecule has 22 heavy (non-hydrogen) atoms. The Morgan fingerprint density at radius 2 is 2.32 bits per heavy atom. The van der Waals surface area contributed by atoms with Crippen molar-refractivity contribution in [2.75, 3.05) is 18.0 Å². The highest BCUT2D eigenvalue weighted by Gasteiger charge is 2.32. The van der Waals surface area contributed by atoms with Gasteiger partial charge in [-0.2, -0.15) is 4.39 Å². The van der Waals surface area contributed by atoms with Crippen LogP contribution in [0.3, 0.4) is 0 Å². The highest BCUT2D eigenvalue weighted by molar-refractivity contribution is 6.32. The summed E-state index contributed by atoms with van der Waals surface area (Å²) in [5, 5.41) is 0.0102. The predicted molar refractivity (Wildman–Crippen MR) is 82.5 cm³/mol. The summed E-state index contributed by atoms with van der Waals surface area (Å²) in [6, 6.07) is 2.77. The van der Waals surface area contributed by atoms with Crippen molar-refractivity contribution >= 4 is 17.4 Å². The second kappa shape index (κ2) is 5.33. The summed E-state index contributed by atoms with van der Waals surface area (Å²) >= 11 is 6.08. The maximum atomic E-state index is 13.3. The van der Waals surface area contributed by atoms with Gasteiger partial charge in [-0.3, -0.25) is 4.79 Å². The van der Waals surface area contributed by atoms with E-state index in [0.717, 1.165) is 6.42 Å². The van der Waals surface area contributed by atoms with E-state index in [-0.39, 0.29) is 16.4 Å². The molecule has 2 aromatic heterocycles. The number of nitrogens with one attached hydrogen (secondary N) is 1. The lowest BCUT2D eigenvalue weighted by Crippen LogP contribution is -2.39. The molecule has 0 aromatic carbocycles. The number of rotatable bonds is 2. The van der Waals surface area contributed by atoms with E-state index < -0.39 is 11.5 Å². The number of hydrogen-bond donors (Lipinski definition) is 2. The SMILES string of the molecule is C[C@]1(N)CCN(c2nc(-c3ccnc(F)c3)[nH]c(=O)c2Cl)C1. The van der Waals surface area contributed by atoms with Gasteiger partial charge in [0.1, 0.15) is 10.8 Å². The predicted octanol–water partition coefficient (Wildman–Crippen LogP) is 1.55. The van der Waals surface area contributed by atoms with Gasteiger partial charge in [-0.05, 0) is 19.4 Å². The van der Waals surface area contributed by atoms with Crippen LogP contribution in [0.5, 0.6) is 0 Å². The third-order valence-electron chi connectivity index (χ3n) is 3.65. The first kappa shape index (κ1) is 14.9. The molecular formula is C14H15ClFN5O. The van der Waals surface area contributed by atoms with Crippen molar-refractivity contribution in [3.05, 3.63) is 39.7 Å². The summed E-state index contributed by atoms with van der Waals surface area (Å²) in [4.78, 5) is 24.3. The first-order chi connectivity index (χ1) is 10.4. The molecule has 116 valence electrons. The molecular weight excluding hydrogens is 309 g/mol. The standard InChI is InChI=1S/C14H15ClFN5O/c1-14(17)3-5-21(7-14)12-10(15)13(22)20-11(19-12)8-2-4-18-9(16)6-8/h2,4,6H,3,5,7,17H2,1H3,(H,19,20,22)/t14-/m0/s1. The van der Waals surface area contributed by atoms with Gasteiger partial charge in [0.25, 0.3) is 5.56 Å². The van der Waals surface area contributed by atoms with Crippen LogP contribution in [0, 0.1) is 5.95 Å².